The molecule has 7 heteroatoms. The zero-order valence-electron chi connectivity index (χ0n) is 10.8. The maximum absolute atomic E-state index is 13.6. The van der Waals surface area contributed by atoms with Crippen LogP contribution in [0.25, 0.3) is 0 Å². The Hall–Kier alpha value is -2.21. The summed E-state index contributed by atoms with van der Waals surface area (Å²) >= 11 is 5.76. The van der Waals surface area contributed by atoms with Crippen molar-refractivity contribution in [2.75, 3.05) is 17.7 Å². The zero-order chi connectivity index (χ0) is 15.6. The molecular weight excluding hydrogens is 305 g/mol. The summed E-state index contributed by atoms with van der Waals surface area (Å²) in [5.74, 6) is -3.11. The summed E-state index contributed by atoms with van der Waals surface area (Å²) in [6.45, 7) is 0. The van der Waals surface area contributed by atoms with Gasteiger partial charge < -0.3 is 10.6 Å². The van der Waals surface area contributed by atoms with Gasteiger partial charge in [0.2, 0.25) is 0 Å². The normalized spacial score (nSPS) is 10.3. The van der Waals surface area contributed by atoms with Crippen LogP contribution in [0.15, 0.2) is 30.3 Å². The van der Waals surface area contributed by atoms with Crippen molar-refractivity contribution in [3.63, 3.8) is 0 Å². The first-order chi connectivity index (χ1) is 9.92. The minimum Gasteiger partial charge on any atom is -0.383 e. The third-order valence-corrected chi connectivity index (χ3v) is 3.05. The molecule has 2 aromatic rings. The number of rotatable bonds is 3. The van der Waals surface area contributed by atoms with Gasteiger partial charge in [0.05, 0.1) is 10.7 Å². The topological polar surface area (TPSA) is 41.1 Å². The number of nitrogens with one attached hydrogen (secondary N) is 2. The van der Waals surface area contributed by atoms with Crippen LogP contribution in [0.4, 0.5) is 24.5 Å². The Labute approximate surface area is 123 Å². The van der Waals surface area contributed by atoms with Gasteiger partial charge in [-0.3, -0.25) is 4.79 Å². The van der Waals surface area contributed by atoms with E-state index in [2.05, 4.69) is 10.6 Å². The molecule has 3 nitrogen and oxygen atoms in total. The van der Waals surface area contributed by atoms with Gasteiger partial charge in [-0.2, -0.15) is 0 Å². The Morgan fingerprint density at radius 3 is 2.24 bits per heavy atom. The van der Waals surface area contributed by atoms with Crippen molar-refractivity contribution < 1.29 is 18.0 Å². The molecule has 21 heavy (non-hydrogen) atoms. The molecule has 0 saturated carbocycles. The SMILES string of the molecule is CNc1c(F)cc(C(=O)Nc2ccc(F)cc2Cl)cc1F. The van der Waals surface area contributed by atoms with E-state index in [1.165, 1.54) is 13.1 Å². The quantitative estimate of drug-likeness (QED) is 0.897. The third kappa shape index (κ3) is 3.28. The third-order valence-electron chi connectivity index (χ3n) is 2.73. The minimum absolute atomic E-state index is 0.0175. The van der Waals surface area contributed by atoms with Crippen LogP contribution in [0.3, 0.4) is 0 Å². The molecule has 0 atom stereocenters. The summed E-state index contributed by atoms with van der Waals surface area (Å²) in [7, 11) is 1.36. The van der Waals surface area contributed by atoms with Gasteiger partial charge in [0, 0.05) is 12.6 Å². The van der Waals surface area contributed by atoms with E-state index in [1.807, 2.05) is 0 Å². The molecule has 0 radical (unpaired) electrons. The van der Waals surface area contributed by atoms with Crippen molar-refractivity contribution in [1.29, 1.82) is 0 Å². The van der Waals surface area contributed by atoms with Crippen molar-refractivity contribution >= 4 is 28.9 Å². The number of hydrogen-bond acceptors (Lipinski definition) is 2. The predicted molar refractivity (Wildman–Crippen MR) is 75.3 cm³/mol. The Balaban J connectivity index is 2.28. The van der Waals surface area contributed by atoms with E-state index in [-0.39, 0.29) is 22.0 Å². The first-order valence-corrected chi connectivity index (χ1v) is 6.23. The summed E-state index contributed by atoms with van der Waals surface area (Å²) in [4.78, 5) is 11.9. The van der Waals surface area contributed by atoms with Gasteiger partial charge in [-0.1, -0.05) is 11.6 Å². The zero-order valence-corrected chi connectivity index (χ0v) is 11.6. The fraction of sp³-hybridized carbons (Fsp3) is 0.0714. The number of anilines is 2. The summed E-state index contributed by atoms with van der Waals surface area (Å²) < 4.78 is 40.1. The van der Waals surface area contributed by atoms with Crippen LogP contribution in [0.5, 0.6) is 0 Å². The monoisotopic (exact) mass is 314 g/mol. The Bertz CT molecular complexity index is 684. The lowest BCUT2D eigenvalue weighted by molar-refractivity contribution is 0.102. The second kappa shape index (κ2) is 6.05. The molecule has 0 aliphatic heterocycles. The van der Waals surface area contributed by atoms with E-state index < -0.39 is 23.4 Å². The summed E-state index contributed by atoms with van der Waals surface area (Å²) in [5.41, 5.74) is -0.405. The summed E-state index contributed by atoms with van der Waals surface area (Å²) in [6, 6.07) is 5.16. The molecule has 1 amide bonds. The first-order valence-electron chi connectivity index (χ1n) is 5.85. The number of carbonyl (C=O) groups is 1. The highest BCUT2D eigenvalue weighted by Crippen LogP contribution is 2.24. The molecule has 2 aromatic carbocycles. The lowest BCUT2D eigenvalue weighted by Gasteiger charge is -2.09. The summed E-state index contributed by atoms with van der Waals surface area (Å²) in [6.07, 6.45) is 0. The molecule has 0 aliphatic carbocycles. The van der Waals surface area contributed by atoms with Gasteiger partial charge >= 0.3 is 0 Å². The van der Waals surface area contributed by atoms with Crippen molar-refractivity contribution in [3.05, 3.63) is 58.4 Å². The largest absolute Gasteiger partial charge is 0.383 e. The highest BCUT2D eigenvalue weighted by atomic mass is 35.5. The van der Waals surface area contributed by atoms with Crippen LogP contribution in [-0.2, 0) is 0 Å². The molecule has 0 aromatic heterocycles. The smallest absolute Gasteiger partial charge is 0.255 e. The highest BCUT2D eigenvalue weighted by Gasteiger charge is 2.15. The fourth-order valence-electron chi connectivity index (χ4n) is 1.73. The Morgan fingerprint density at radius 2 is 1.71 bits per heavy atom. The molecule has 2 rings (SSSR count). The number of hydrogen-bond donors (Lipinski definition) is 2. The standard InChI is InChI=1S/C14H10ClF3N2O/c1-19-13-10(17)4-7(5-11(13)18)14(21)20-12-3-2-8(16)6-9(12)15/h2-6,19H,1H3,(H,20,21). The van der Waals surface area contributed by atoms with E-state index >= 15 is 0 Å². The predicted octanol–water partition coefficient (Wildman–Crippen LogP) is 4.05. The molecule has 0 heterocycles. The maximum Gasteiger partial charge on any atom is 0.255 e. The van der Waals surface area contributed by atoms with Crippen molar-refractivity contribution in [2.24, 2.45) is 0 Å². The van der Waals surface area contributed by atoms with Crippen LogP contribution in [0, 0.1) is 17.5 Å². The van der Waals surface area contributed by atoms with Gasteiger partial charge in [-0.25, -0.2) is 13.2 Å². The van der Waals surface area contributed by atoms with E-state index in [4.69, 9.17) is 11.6 Å². The fourth-order valence-corrected chi connectivity index (χ4v) is 1.94. The van der Waals surface area contributed by atoms with Gasteiger partial charge in [-0.15, -0.1) is 0 Å². The average Bonchev–Trinajstić information content (AvgIpc) is 2.41. The number of amides is 1. The van der Waals surface area contributed by atoms with Crippen LogP contribution in [-0.4, -0.2) is 13.0 Å². The van der Waals surface area contributed by atoms with Crippen LogP contribution in [0.2, 0.25) is 5.02 Å². The molecular formula is C14H10ClF3N2O. The molecule has 2 N–H and O–H groups in total. The second-order valence-electron chi connectivity index (χ2n) is 4.14. The van der Waals surface area contributed by atoms with E-state index in [0.29, 0.717) is 0 Å². The minimum atomic E-state index is -0.896. The molecule has 0 saturated heterocycles. The molecule has 0 aliphatic rings. The van der Waals surface area contributed by atoms with Gasteiger partial charge in [0.15, 0.2) is 0 Å². The Morgan fingerprint density at radius 1 is 1.10 bits per heavy atom. The van der Waals surface area contributed by atoms with Crippen LogP contribution < -0.4 is 10.6 Å². The van der Waals surface area contributed by atoms with Crippen LogP contribution >= 0.6 is 11.6 Å². The van der Waals surface area contributed by atoms with Gasteiger partial charge in [-0.05, 0) is 30.3 Å². The molecule has 0 unspecified atom stereocenters. The van der Waals surface area contributed by atoms with E-state index in [1.54, 1.807) is 0 Å². The molecule has 0 bridgehead atoms. The lowest BCUT2D eigenvalue weighted by atomic mass is 10.1. The molecule has 0 spiro atoms. The lowest BCUT2D eigenvalue weighted by Crippen LogP contribution is -2.13. The highest BCUT2D eigenvalue weighted by molar-refractivity contribution is 6.33. The average molecular weight is 315 g/mol. The number of benzene rings is 2. The molecule has 110 valence electrons. The van der Waals surface area contributed by atoms with Crippen LogP contribution in [0.1, 0.15) is 10.4 Å². The van der Waals surface area contributed by atoms with Gasteiger partial charge in [0.1, 0.15) is 23.1 Å². The number of carbonyl (C=O) groups excluding carboxylic acids is 1. The molecule has 0 fully saturated rings. The van der Waals surface area contributed by atoms with Crippen molar-refractivity contribution in [3.8, 4) is 0 Å². The first kappa shape index (κ1) is 15.2. The van der Waals surface area contributed by atoms with Crippen molar-refractivity contribution in [2.45, 2.75) is 0 Å². The second-order valence-corrected chi connectivity index (χ2v) is 4.55. The van der Waals surface area contributed by atoms with Gasteiger partial charge in [0.25, 0.3) is 5.91 Å². The number of halogens is 4. The van der Waals surface area contributed by atoms with E-state index in [0.717, 1.165) is 24.3 Å². The van der Waals surface area contributed by atoms with Crippen molar-refractivity contribution in [1.82, 2.24) is 0 Å². The Kier molecular flexibility index (Phi) is 4.37. The maximum atomic E-state index is 13.6. The van der Waals surface area contributed by atoms with E-state index in [9.17, 15) is 18.0 Å². The summed E-state index contributed by atoms with van der Waals surface area (Å²) in [5, 5.41) is 4.69.